The maximum absolute atomic E-state index is 11.0. The molecule has 0 atom stereocenters. The Morgan fingerprint density at radius 2 is 1.79 bits per heavy atom. The van der Waals surface area contributed by atoms with Gasteiger partial charge in [-0.2, -0.15) is 0 Å². The van der Waals surface area contributed by atoms with Gasteiger partial charge in [-0.3, -0.25) is 10.2 Å². The fourth-order valence-corrected chi connectivity index (χ4v) is 0.714. The third-order valence-electron chi connectivity index (χ3n) is 1.18. The standard InChI is InChI=1S/C9H18N2O3/c1-5-6-7(12)10-11-8(13)14-9(2,3)4/h5-6H2,1-4H3,(H,10,12)(H,11,13). The van der Waals surface area contributed by atoms with Crippen LogP contribution in [-0.4, -0.2) is 17.6 Å². The maximum atomic E-state index is 11.0. The number of hydrogen-bond acceptors (Lipinski definition) is 3. The summed E-state index contributed by atoms with van der Waals surface area (Å²) in [5.41, 5.74) is 3.85. The molecule has 82 valence electrons. The van der Waals surface area contributed by atoms with Crippen LogP contribution >= 0.6 is 0 Å². The smallest absolute Gasteiger partial charge is 0.426 e. The topological polar surface area (TPSA) is 67.4 Å². The Balaban J connectivity index is 3.70. The van der Waals surface area contributed by atoms with E-state index in [1.54, 1.807) is 20.8 Å². The third-order valence-corrected chi connectivity index (χ3v) is 1.18. The average molecular weight is 202 g/mol. The number of hydrogen-bond donors (Lipinski definition) is 2. The quantitative estimate of drug-likeness (QED) is 0.664. The summed E-state index contributed by atoms with van der Waals surface area (Å²) in [6.07, 6.45) is 0.472. The van der Waals surface area contributed by atoms with Crippen molar-refractivity contribution in [3.05, 3.63) is 0 Å². The lowest BCUT2D eigenvalue weighted by atomic mass is 10.2. The summed E-state index contributed by atoms with van der Waals surface area (Å²) in [7, 11) is 0. The molecule has 0 aromatic heterocycles. The van der Waals surface area contributed by atoms with Gasteiger partial charge in [0.05, 0.1) is 0 Å². The zero-order chi connectivity index (χ0) is 11.2. The number of carbonyl (C=O) groups excluding carboxylic acids is 2. The number of hydrazine groups is 1. The highest BCUT2D eigenvalue weighted by Gasteiger charge is 2.16. The molecule has 14 heavy (non-hydrogen) atoms. The van der Waals surface area contributed by atoms with Crippen LogP contribution in [0.2, 0.25) is 0 Å². The molecular formula is C9H18N2O3. The first-order valence-corrected chi connectivity index (χ1v) is 4.63. The Morgan fingerprint density at radius 3 is 2.21 bits per heavy atom. The molecule has 0 aliphatic carbocycles. The number of nitrogens with one attached hydrogen (secondary N) is 2. The highest BCUT2D eigenvalue weighted by atomic mass is 16.6. The molecule has 0 aromatic carbocycles. The zero-order valence-electron chi connectivity index (χ0n) is 9.14. The summed E-state index contributed by atoms with van der Waals surface area (Å²) >= 11 is 0. The summed E-state index contributed by atoms with van der Waals surface area (Å²) in [5, 5.41) is 0. The fourth-order valence-electron chi connectivity index (χ4n) is 0.714. The van der Waals surface area contributed by atoms with Crippen LogP contribution in [-0.2, 0) is 9.53 Å². The van der Waals surface area contributed by atoms with Crippen LogP contribution in [0.25, 0.3) is 0 Å². The van der Waals surface area contributed by atoms with Crippen molar-refractivity contribution in [1.82, 2.24) is 10.9 Å². The summed E-state index contributed by atoms with van der Waals surface area (Å²) in [5.74, 6) is -0.224. The molecule has 5 nitrogen and oxygen atoms in total. The molecule has 0 saturated heterocycles. The molecule has 5 heteroatoms. The molecule has 0 aliphatic heterocycles. The monoisotopic (exact) mass is 202 g/mol. The summed E-state index contributed by atoms with van der Waals surface area (Å²) in [4.78, 5) is 22.0. The van der Waals surface area contributed by atoms with Gasteiger partial charge in [-0.15, -0.1) is 0 Å². The van der Waals surface area contributed by atoms with Crippen molar-refractivity contribution < 1.29 is 14.3 Å². The van der Waals surface area contributed by atoms with Crippen molar-refractivity contribution >= 4 is 12.0 Å². The molecule has 0 bridgehead atoms. The van der Waals surface area contributed by atoms with E-state index >= 15 is 0 Å². The Kier molecular flexibility index (Phi) is 4.97. The van der Waals surface area contributed by atoms with E-state index in [0.29, 0.717) is 6.42 Å². The first-order valence-electron chi connectivity index (χ1n) is 4.63. The van der Waals surface area contributed by atoms with Crippen molar-refractivity contribution in [3.63, 3.8) is 0 Å². The zero-order valence-corrected chi connectivity index (χ0v) is 9.14. The van der Waals surface area contributed by atoms with Crippen LogP contribution in [0.5, 0.6) is 0 Å². The van der Waals surface area contributed by atoms with Crippen molar-refractivity contribution in [2.24, 2.45) is 0 Å². The lowest BCUT2D eigenvalue weighted by molar-refractivity contribution is -0.122. The third kappa shape index (κ3) is 7.39. The van der Waals surface area contributed by atoms with Crippen LogP contribution in [0.15, 0.2) is 0 Å². The van der Waals surface area contributed by atoms with Gasteiger partial charge < -0.3 is 4.74 Å². The highest BCUT2D eigenvalue weighted by molar-refractivity contribution is 5.78. The number of rotatable bonds is 2. The van der Waals surface area contributed by atoms with E-state index in [4.69, 9.17) is 4.74 Å². The molecule has 2 amide bonds. The van der Waals surface area contributed by atoms with Crippen molar-refractivity contribution in [2.45, 2.75) is 46.1 Å². The molecule has 0 saturated carbocycles. The Labute approximate surface area is 84.2 Å². The minimum absolute atomic E-state index is 0.224. The molecule has 2 N–H and O–H groups in total. The van der Waals surface area contributed by atoms with E-state index in [9.17, 15) is 9.59 Å². The molecule has 0 radical (unpaired) electrons. The molecule has 0 spiro atoms. The summed E-state index contributed by atoms with van der Waals surface area (Å²) in [6.45, 7) is 7.13. The van der Waals surface area contributed by atoms with Gasteiger partial charge in [0.2, 0.25) is 5.91 Å². The van der Waals surface area contributed by atoms with Crippen LogP contribution in [0, 0.1) is 0 Å². The van der Waals surface area contributed by atoms with Crippen molar-refractivity contribution in [1.29, 1.82) is 0 Å². The molecule has 0 unspecified atom stereocenters. The SMILES string of the molecule is CCCC(=O)NNC(=O)OC(C)(C)C. The van der Waals surface area contributed by atoms with Gasteiger partial charge in [0.15, 0.2) is 0 Å². The van der Waals surface area contributed by atoms with Gasteiger partial charge in [0.1, 0.15) is 5.60 Å². The van der Waals surface area contributed by atoms with E-state index in [1.807, 2.05) is 6.92 Å². The molecular weight excluding hydrogens is 184 g/mol. The predicted octanol–water partition coefficient (Wildman–Crippen LogP) is 1.34. The molecule has 0 aromatic rings. The second-order valence-corrected chi connectivity index (χ2v) is 3.93. The minimum atomic E-state index is -0.651. The minimum Gasteiger partial charge on any atom is -0.443 e. The van der Waals surface area contributed by atoms with Crippen LogP contribution in [0.4, 0.5) is 4.79 Å². The van der Waals surface area contributed by atoms with Crippen LogP contribution in [0.3, 0.4) is 0 Å². The first-order chi connectivity index (χ1) is 6.35. The largest absolute Gasteiger partial charge is 0.443 e. The number of amides is 2. The Hall–Kier alpha value is -1.26. The molecule has 0 aliphatic rings. The Bertz CT molecular complexity index is 209. The van der Waals surface area contributed by atoms with E-state index in [0.717, 1.165) is 6.42 Å². The van der Waals surface area contributed by atoms with Crippen molar-refractivity contribution in [3.8, 4) is 0 Å². The van der Waals surface area contributed by atoms with E-state index in [-0.39, 0.29) is 5.91 Å². The number of ether oxygens (including phenoxy) is 1. The van der Waals surface area contributed by atoms with Gasteiger partial charge in [-0.05, 0) is 27.2 Å². The summed E-state index contributed by atoms with van der Waals surface area (Å²) in [6, 6.07) is 0. The van der Waals surface area contributed by atoms with Gasteiger partial charge in [-0.25, -0.2) is 10.2 Å². The van der Waals surface area contributed by atoms with E-state index < -0.39 is 11.7 Å². The van der Waals surface area contributed by atoms with E-state index in [2.05, 4.69) is 10.9 Å². The average Bonchev–Trinajstić information content (AvgIpc) is 1.98. The molecule has 0 fully saturated rings. The fraction of sp³-hybridized carbons (Fsp3) is 0.778. The normalized spacial score (nSPS) is 10.6. The van der Waals surface area contributed by atoms with Gasteiger partial charge in [-0.1, -0.05) is 6.92 Å². The van der Waals surface area contributed by atoms with Gasteiger partial charge in [0.25, 0.3) is 0 Å². The molecule has 0 heterocycles. The predicted molar refractivity (Wildman–Crippen MR) is 52.4 cm³/mol. The lowest BCUT2D eigenvalue weighted by Crippen LogP contribution is -2.44. The van der Waals surface area contributed by atoms with Gasteiger partial charge in [0, 0.05) is 6.42 Å². The van der Waals surface area contributed by atoms with Crippen LogP contribution in [0.1, 0.15) is 40.5 Å². The van der Waals surface area contributed by atoms with Gasteiger partial charge >= 0.3 is 6.09 Å². The van der Waals surface area contributed by atoms with E-state index in [1.165, 1.54) is 0 Å². The highest BCUT2D eigenvalue weighted by Crippen LogP contribution is 2.05. The number of carbonyl (C=O) groups is 2. The Morgan fingerprint density at radius 1 is 1.21 bits per heavy atom. The van der Waals surface area contributed by atoms with Crippen molar-refractivity contribution in [2.75, 3.05) is 0 Å². The van der Waals surface area contributed by atoms with Crippen LogP contribution < -0.4 is 10.9 Å². The summed E-state index contributed by atoms with van der Waals surface area (Å²) < 4.78 is 4.90. The maximum Gasteiger partial charge on any atom is 0.426 e. The second kappa shape index (κ2) is 5.47. The lowest BCUT2D eigenvalue weighted by Gasteiger charge is -2.19. The first kappa shape index (κ1) is 12.7. The molecule has 0 rings (SSSR count). The second-order valence-electron chi connectivity index (χ2n) is 3.93.